The third-order valence-electron chi connectivity index (χ3n) is 2.62. The molecule has 0 fully saturated rings. The molecule has 0 heterocycles. The van der Waals surface area contributed by atoms with Gasteiger partial charge in [-0.25, -0.2) is 0 Å². The molecule has 0 atom stereocenters. The lowest BCUT2D eigenvalue weighted by Gasteiger charge is -2.19. The Labute approximate surface area is 110 Å². The van der Waals surface area contributed by atoms with E-state index >= 15 is 0 Å². The molecule has 0 amide bonds. The summed E-state index contributed by atoms with van der Waals surface area (Å²) in [6, 6.07) is 4.36. The zero-order valence-electron chi connectivity index (χ0n) is 10.8. The van der Waals surface area contributed by atoms with Crippen LogP contribution in [0.4, 0.5) is 5.69 Å². The number of carboxylic acid groups (broad SMARTS) is 1. The molecule has 19 heavy (non-hydrogen) atoms. The molecule has 104 valence electrons. The minimum atomic E-state index is -1.12. The highest BCUT2D eigenvalue weighted by atomic mass is 16.6. The van der Waals surface area contributed by atoms with Crippen LogP contribution < -0.4 is 10.5 Å². The van der Waals surface area contributed by atoms with Crippen LogP contribution in [0.3, 0.4) is 0 Å². The number of nitro groups is 1. The van der Waals surface area contributed by atoms with Crippen LogP contribution in [0.25, 0.3) is 0 Å². The molecule has 0 unspecified atom stereocenters. The third kappa shape index (κ3) is 3.65. The number of hydrogen-bond donors (Lipinski definition) is 2. The van der Waals surface area contributed by atoms with Gasteiger partial charge in [0.05, 0.1) is 10.3 Å². The first-order valence-electron chi connectivity index (χ1n) is 5.61. The number of nitro benzene ring substituents is 1. The van der Waals surface area contributed by atoms with E-state index in [2.05, 4.69) is 0 Å². The van der Waals surface area contributed by atoms with Gasteiger partial charge < -0.3 is 15.6 Å². The largest absolute Gasteiger partial charge is 0.486 e. The summed E-state index contributed by atoms with van der Waals surface area (Å²) in [5, 5.41) is 19.9. The van der Waals surface area contributed by atoms with Crippen molar-refractivity contribution in [3.8, 4) is 5.75 Å². The first kappa shape index (κ1) is 14.9. The number of carboxylic acids is 1. The summed E-state index contributed by atoms with van der Waals surface area (Å²) in [6.07, 6.45) is 0. The fourth-order valence-corrected chi connectivity index (χ4v) is 1.27. The van der Waals surface area contributed by atoms with Gasteiger partial charge in [0.15, 0.2) is 5.75 Å². The van der Waals surface area contributed by atoms with Crippen molar-refractivity contribution >= 4 is 11.7 Å². The van der Waals surface area contributed by atoms with Gasteiger partial charge in [-0.15, -0.1) is 0 Å². The maximum absolute atomic E-state index is 10.9. The van der Waals surface area contributed by atoms with Crippen LogP contribution in [-0.4, -0.2) is 22.6 Å². The Morgan fingerprint density at radius 1 is 1.53 bits per heavy atom. The van der Waals surface area contributed by atoms with Crippen LogP contribution >= 0.6 is 0 Å². The average molecular weight is 268 g/mol. The molecule has 0 aliphatic rings. The standard InChI is InChI=1S/C12H16N2O5/c1-12(2,11(15)16)7-19-10-4-3-8(6-13)5-9(10)14(17)18/h3-5H,6-7,13H2,1-2H3,(H,15,16). The van der Waals surface area contributed by atoms with Gasteiger partial charge in [-0.05, 0) is 25.5 Å². The third-order valence-corrected chi connectivity index (χ3v) is 2.62. The van der Waals surface area contributed by atoms with E-state index in [1.807, 2.05) is 0 Å². The van der Waals surface area contributed by atoms with Crippen LogP contribution in [0.1, 0.15) is 19.4 Å². The van der Waals surface area contributed by atoms with Crippen molar-refractivity contribution in [3.05, 3.63) is 33.9 Å². The molecular weight excluding hydrogens is 252 g/mol. The summed E-state index contributed by atoms with van der Waals surface area (Å²) in [5.41, 5.74) is 4.68. The highest BCUT2D eigenvalue weighted by molar-refractivity contribution is 5.73. The van der Waals surface area contributed by atoms with Gasteiger partial charge in [-0.1, -0.05) is 6.07 Å². The number of ether oxygens (including phenoxy) is 1. The minimum Gasteiger partial charge on any atom is -0.486 e. The second kappa shape index (κ2) is 5.66. The predicted molar refractivity (Wildman–Crippen MR) is 67.9 cm³/mol. The molecule has 0 bridgehead atoms. The molecule has 0 aromatic heterocycles. The lowest BCUT2D eigenvalue weighted by molar-refractivity contribution is -0.386. The first-order valence-corrected chi connectivity index (χ1v) is 5.61. The van der Waals surface area contributed by atoms with E-state index < -0.39 is 16.3 Å². The smallest absolute Gasteiger partial charge is 0.312 e. The molecule has 0 radical (unpaired) electrons. The van der Waals surface area contributed by atoms with E-state index in [4.69, 9.17) is 15.6 Å². The van der Waals surface area contributed by atoms with Gasteiger partial charge in [0, 0.05) is 12.6 Å². The van der Waals surface area contributed by atoms with E-state index in [1.165, 1.54) is 26.0 Å². The van der Waals surface area contributed by atoms with E-state index in [0.717, 1.165) is 0 Å². The highest BCUT2D eigenvalue weighted by Crippen LogP contribution is 2.29. The number of hydrogen-bond acceptors (Lipinski definition) is 5. The predicted octanol–water partition coefficient (Wildman–Crippen LogP) is 1.54. The molecular formula is C12H16N2O5. The van der Waals surface area contributed by atoms with Crippen LogP contribution in [0.2, 0.25) is 0 Å². The molecule has 0 saturated heterocycles. The Balaban J connectivity index is 2.95. The van der Waals surface area contributed by atoms with Crippen molar-refractivity contribution in [1.82, 2.24) is 0 Å². The monoisotopic (exact) mass is 268 g/mol. The van der Waals surface area contributed by atoms with E-state index in [9.17, 15) is 14.9 Å². The Kier molecular flexibility index (Phi) is 4.44. The number of nitrogens with two attached hydrogens (primary N) is 1. The molecule has 0 aliphatic carbocycles. The fraction of sp³-hybridized carbons (Fsp3) is 0.417. The maximum Gasteiger partial charge on any atom is 0.312 e. The lowest BCUT2D eigenvalue weighted by Crippen LogP contribution is -2.30. The Morgan fingerprint density at radius 3 is 2.63 bits per heavy atom. The van der Waals surface area contributed by atoms with Crippen molar-refractivity contribution < 1.29 is 19.6 Å². The van der Waals surface area contributed by atoms with Crippen molar-refractivity contribution in [3.63, 3.8) is 0 Å². The van der Waals surface area contributed by atoms with Gasteiger partial charge in [0.25, 0.3) is 0 Å². The van der Waals surface area contributed by atoms with Gasteiger partial charge in [-0.3, -0.25) is 14.9 Å². The number of benzene rings is 1. The summed E-state index contributed by atoms with van der Waals surface area (Å²) >= 11 is 0. The second-order valence-corrected chi connectivity index (χ2v) is 4.74. The van der Waals surface area contributed by atoms with Crippen molar-refractivity contribution in [2.24, 2.45) is 11.1 Å². The summed E-state index contributed by atoms with van der Waals surface area (Å²) in [6.45, 7) is 2.98. The SMILES string of the molecule is CC(C)(COc1ccc(CN)cc1[N+](=O)[O-])C(=O)O. The van der Waals surface area contributed by atoms with Gasteiger partial charge >= 0.3 is 11.7 Å². The molecule has 1 aromatic rings. The first-order chi connectivity index (χ1) is 8.77. The summed E-state index contributed by atoms with van der Waals surface area (Å²) in [7, 11) is 0. The molecule has 0 spiro atoms. The second-order valence-electron chi connectivity index (χ2n) is 4.74. The minimum absolute atomic E-state index is 0.0384. The number of nitrogens with zero attached hydrogens (tertiary/aromatic N) is 1. The number of carbonyl (C=O) groups is 1. The quantitative estimate of drug-likeness (QED) is 0.597. The topological polar surface area (TPSA) is 116 Å². The lowest BCUT2D eigenvalue weighted by atomic mass is 9.95. The fourth-order valence-electron chi connectivity index (χ4n) is 1.27. The zero-order valence-corrected chi connectivity index (χ0v) is 10.8. The summed E-state index contributed by atoms with van der Waals surface area (Å²) in [4.78, 5) is 21.3. The van der Waals surface area contributed by atoms with E-state index in [-0.39, 0.29) is 24.6 Å². The Hall–Kier alpha value is -2.15. The maximum atomic E-state index is 10.9. The molecule has 3 N–H and O–H groups in total. The van der Waals surface area contributed by atoms with Crippen LogP contribution in [0.5, 0.6) is 5.75 Å². The number of rotatable bonds is 6. The van der Waals surface area contributed by atoms with Crippen LogP contribution in [0.15, 0.2) is 18.2 Å². The van der Waals surface area contributed by atoms with Crippen molar-refractivity contribution in [2.75, 3.05) is 6.61 Å². The molecule has 1 aromatic carbocycles. The summed E-state index contributed by atoms with van der Waals surface area (Å²) < 4.78 is 5.26. The normalized spacial score (nSPS) is 11.1. The molecule has 7 nitrogen and oxygen atoms in total. The van der Waals surface area contributed by atoms with E-state index in [1.54, 1.807) is 6.07 Å². The van der Waals surface area contributed by atoms with E-state index in [0.29, 0.717) is 5.56 Å². The molecule has 0 saturated carbocycles. The van der Waals surface area contributed by atoms with Gasteiger partial charge in [-0.2, -0.15) is 0 Å². The Morgan fingerprint density at radius 2 is 2.16 bits per heavy atom. The molecule has 7 heteroatoms. The summed E-state index contributed by atoms with van der Waals surface area (Å²) in [5.74, 6) is -0.995. The Bertz CT molecular complexity index is 499. The average Bonchev–Trinajstić information content (AvgIpc) is 2.35. The van der Waals surface area contributed by atoms with Gasteiger partial charge in [0.1, 0.15) is 6.61 Å². The van der Waals surface area contributed by atoms with Gasteiger partial charge in [0.2, 0.25) is 0 Å². The molecule has 0 aliphatic heterocycles. The van der Waals surface area contributed by atoms with Crippen LogP contribution in [0, 0.1) is 15.5 Å². The highest BCUT2D eigenvalue weighted by Gasteiger charge is 2.29. The number of aliphatic carboxylic acids is 1. The molecule has 1 rings (SSSR count). The van der Waals surface area contributed by atoms with Crippen LogP contribution in [-0.2, 0) is 11.3 Å². The van der Waals surface area contributed by atoms with Crippen molar-refractivity contribution in [1.29, 1.82) is 0 Å². The zero-order chi connectivity index (χ0) is 14.6. The van der Waals surface area contributed by atoms with Crippen molar-refractivity contribution in [2.45, 2.75) is 20.4 Å².